The maximum Gasteiger partial charge on any atom is 0.173 e. The summed E-state index contributed by atoms with van der Waals surface area (Å²) in [7, 11) is 0. The third-order valence-corrected chi connectivity index (χ3v) is 6.94. The van der Waals surface area contributed by atoms with Crippen LogP contribution in [0.15, 0.2) is 17.5 Å². The van der Waals surface area contributed by atoms with Crippen LogP contribution in [-0.2, 0) is 19.3 Å². The Morgan fingerprint density at radius 2 is 2.04 bits per heavy atom. The molecule has 2 aromatic rings. The van der Waals surface area contributed by atoms with Crippen molar-refractivity contribution in [2.45, 2.75) is 65.7 Å². The van der Waals surface area contributed by atoms with Gasteiger partial charge in [0.05, 0.1) is 11.5 Å². The van der Waals surface area contributed by atoms with Crippen molar-refractivity contribution >= 4 is 17.1 Å². The lowest BCUT2D eigenvalue weighted by molar-refractivity contribution is 0.0985. The minimum atomic E-state index is 0.143. The topological polar surface area (TPSA) is 46.5 Å². The molecule has 4 heteroatoms. The molecule has 0 bridgehead atoms. The summed E-state index contributed by atoms with van der Waals surface area (Å²) in [6.45, 7) is 7.03. The highest BCUT2D eigenvalue weighted by Crippen LogP contribution is 2.34. The maximum absolute atomic E-state index is 12.9. The number of fused-ring (bicyclic) bond motifs is 1. The van der Waals surface area contributed by atoms with Crippen molar-refractivity contribution in [3.63, 3.8) is 0 Å². The van der Waals surface area contributed by atoms with Gasteiger partial charge in [-0.1, -0.05) is 25.5 Å². The van der Waals surface area contributed by atoms with E-state index in [0.29, 0.717) is 25.2 Å². The fraction of sp³-hybridized carbons (Fsp3) is 0.542. The highest BCUT2D eigenvalue weighted by atomic mass is 32.1. The Bertz CT molecular complexity index is 798. The number of hydrogen-bond donors (Lipinski definition) is 1. The van der Waals surface area contributed by atoms with E-state index in [0.717, 1.165) is 46.9 Å². The molecule has 3 rings (SSSR count). The summed E-state index contributed by atoms with van der Waals surface area (Å²) >= 11 is 1.65. The van der Waals surface area contributed by atoms with Gasteiger partial charge in [-0.2, -0.15) is 0 Å². The molecule has 0 saturated heterocycles. The van der Waals surface area contributed by atoms with Gasteiger partial charge in [0.1, 0.15) is 5.75 Å². The second-order valence-corrected chi connectivity index (χ2v) is 8.87. The number of ether oxygens (including phenoxy) is 1. The number of ketones is 1. The van der Waals surface area contributed by atoms with Gasteiger partial charge in [-0.3, -0.25) is 4.79 Å². The van der Waals surface area contributed by atoms with E-state index in [1.165, 1.54) is 29.5 Å². The molecule has 0 radical (unpaired) electrons. The summed E-state index contributed by atoms with van der Waals surface area (Å²) in [5, 5.41) is 11.1. The van der Waals surface area contributed by atoms with Gasteiger partial charge in [0, 0.05) is 19.4 Å². The van der Waals surface area contributed by atoms with Crippen molar-refractivity contribution < 1.29 is 14.6 Å². The van der Waals surface area contributed by atoms with Crippen LogP contribution in [0.5, 0.6) is 5.75 Å². The van der Waals surface area contributed by atoms with Crippen LogP contribution >= 0.6 is 11.3 Å². The molecule has 0 fully saturated rings. The van der Waals surface area contributed by atoms with Gasteiger partial charge in [0.2, 0.25) is 0 Å². The molecule has 0 amide bonds. The lowest BCUT2D eigenvalue weighted by Crippen LogP contribution is -2.14. The van der Waals surface area contributed by atoms with Crippen molar-refractivity contribution in [1.29, 1.82) is 0 Å². The molecule has 28 heavy (non-hydrogen) atoms. The molecule has 1 aliphatic rings. The Morgan fingerprint density at radius 1 is 1.29 bits per heavy atom. The minimum absolute atomic E-state index is 0.143. The number of carbonyl (C=O) groups excluding carboxylic acids is 1. The van der Waals surface area contributed by atoms with E-state index in [2.05, 4.69) is 24.4 Å². The van der Waals surface area contributed by atoms with Crippen LogP contribution in [0, 0.1) is 19.8 Å². The number of hydrogen-bond acceptors (Lipinski definition) is 4. The van der Waals surface area contributed by atoms with Crippen LogP contribution in [0.4, 0.5) is 0 Å². The summed E-state index contributed by atoms with van der Waals surface area (Å²) in [6, 6.07) is 4.26. The summed E-state index contributed by atoms with van der Waals surface area (Å²) < 4.78 is 5.80. The number of Topliss-reactive ketones (excluding diaryl/α,β-unsaturated/α-hetero) is 1. The van der Waals surface area contributed by atoms with Gasteiger partial charge in [-0.25, -0.2) is 0 Å². The van der Waals surface area contributed by atoms with Gasteiger partial charge in [0.25, 0.3) is 0 Å². The first-order valence-electron chi connectivity index (χ1n) is 10.5. The summed E-state index contributed by atoms with van der Waals surface area (Å²) in [6.07, 6.45) is 6.63. The molecule has 0 aliphatic heterocycles. The Morgan fingerprint density at radius 3 is 2.71 bits per heavy atom. The Hall–Kier alpha value is -1.65. The molecular weight excluding hydrogens is 368 g/mol. The normalized spacial score (nSPS) is 16.1. The lowest BCUT2D eigenvalue weighted by atomic mass is 9.83. The van der Waals surface area contributed by atoms with Crippen LogP contribution in [0.1, 0.15) is 70.1 Å². The number of rotatable bonds is 9. The molecule has 1 N–H and O–H groups in total. The maximum atomic E-state index is 12.9. The van der Waals surface area contributed by atoms with E-state index in [1.54, 1.807) is 11.3 Å². The van der Waals surface area contributed by atoms with Gasteiger partial charge < -0.3 is 9.84 Å². The fourth-order valence-corrected chi connectivity index (χ4v) is 5.34. The second-order valence-electron chi connectivity index (χ2n) is 7.99. The summed E-state index contributed by atoms with van der Waals surface area (Å²) in [4.78, 5) is 13.9. The van der Waals surface area contributed by atoms with Gasteiger partial charge in [0.15, 0.2) is 5.78 Å². The van der Waals surface area contributed by atoms with Crippen LogP contribution in [0.3, 0.4) is 0 Å². The van der Waals surface area contributed by atoms with E-state index < -0.39 is 0 Å². The predicted molar refractivity (Wildman–Crippen MR) is 116 cm³/mol. The molecule has 0 spiro atoms. The first-order valence-corrected chi connectivity index (χ1v) is 11.4. The van der Waals surface area contributed by atoms with E-state index in [1.807, 2.05) is 13.8 Å². The molecule has 1 aromatic heterocycles. The van der Waals surface area contributed by atoms with Crippen LogP contribution < -0.4 is 4.74 Å². The molecule has 0 saturated carbocycles. The van der Waals surface area contributed by atoms with Crippen molar-refractivity contribution in [2.24, 2.45) is 5.92 Å². The Kier molecular flexibility index (Phi) is 7.30. The Balaban J connectivity index is 1.63. The fourth-order valence-electron chi connectivity index (χ4n) is 4.23. The van der Waals surface area contributed by atoms with E-state index >= 15 is 0 Å². The Labute approximate surface area is 172 Å². The van der Waals surface area contributed by atoms with Crippen molar-refractivity contribution in [2.75, 3.05) is 13.2 Å². The average molecular weight is 401 g/mol. The van der Waals surface area contributed by atoms with E-state index in [-0.39, 0.29) is 6.61 Å². The number of carbonyl (C=O) groups is 1. The van der Waals surface area contributed by atoms with Gasteiger partial charge in [-0.05, 0) is 78.6 Å². The molecule has 3 nitrogen and oxygen atoms in total. The van der Waals surface area contributed by atoms with Crippen LogP contribution in [0.25, 0.3) is 0 Å². The largest absolute Gasteiger partial charge is 0.493 e. The highest BCUT2D eigenvalue weighted by molar-refractivity contribution is 7.12. The van der Waals surface area contributed by atoms with E-state index in [4.69, 9.17) is 9.84 Å². The number of aliphatic hydroxyl groups excluding tert-OH is 1. The standard InChI is InChI=1S/C24H32O3S/c1-4-18-6-8-21-20(14-18)15-28-24(21)22(26)9-7-19-12-16(2)23(17(3)13-19)27-11-5-10-25/h12-13,15,18,25H,4-11,14H2,1-3H3. The lowest BCUT2D eigenvalue weighted by Gasteiger charge is -2.21. The van der Waals surface area contributed by atoms with Gasteiger partial charge >= 0.3 is 0 Å². The number of aliphatic hydroxyl groups is 1. The van der Waals surface area contributed by atoms with E-state index in [9.17, 15) is 4.79 Å². The zero-order valence-electron chi connectivity index (χ0n) is 17.3. The molecule has 1 heterocycles. The zero-order chi connectivity index (χ0) is 20.1. The van der Waals surface area contributed by atoms with Crippen LogP contribution in [0.2, 0.25) is 0 Å². The molecular formula is C24H32O3S. The molecule has 1 unspecified atom stereocenters. The third-order valence-electron chi connectivity index (χ3n) is 5.83. The third kappa shape index (κ3) is 4.84. The summed E-state index contributed by atoms with van der Waals surface area (Å²) in [5.41, 5.74) is 6.13. The minimum Gasteiger partial charge on any atom is -0.493 e. The zero-order valence-corrected chi connectivity index (χ0v) is 18.2. The molecule has 1 aromatic carbocycles. The highest BCUT2D eigenvalue weighted by Gasteiger charge is 2.24. The van der Waals surface area contributed by atoms with Crippen molar-refractivity contribution in [3.8, 4) is 5.75 Å². The van der Waals surface area contributed by atoms with Crippen molar-refractivity contribution in [3.05, 3.63) is 50.2 Å². The quantitative estimate of drug-likeness (QED) is 0.449. The average Bonchev–Trinajstić information content (AvgIpc) is 3.11. The van der Waals surface area contributed by atoms with Crippen LogP contribution in [-0.4, -0.2) is 24.1 Å². The SMILES string of the molecule is CCC1CCc2c(csc2C(=O)CCc2cc(C)c(OCCCO)c(C)c2)C1. The smallest absolute Gasteiger partial charge is 0.173 e. The molecule has 152 valence electrons. The first kappa shape index (κ1) is 21.1. The monoisotopic (exact) mass is 400 g/mol. The first-order chi connectivity index (χ1) is 13.5. The summed E-state index contributed by atoms with van der Waals surface area (Å²) in [5.74, 6) is 1.98. The number of thiophene rings is 1. The second kappa shape index (κ2) is 9.71. The number of benzene rings is 1. The molecule has 1 atom stereocenters. The molecule has 1 aliphatic carbocycles. The number of aryl methyl sites for hydroxylation is 3. The predicted octanol–water partition coefficient (Wildman–Crippen LogP) is 5.46. The van der Waals surface area contributed by atoms with Gasteiger partial charge in [-0.15, -0.1) is 11.3 Å². The van der Waals surface area contributed by atoms with Crippen molar-refractivity contribution in [1.82, 2.24) is 0 Å².